The molecule has 0 aromatic heterocycles. The lowest BCUT2D eigenvalue weighted by molar-refractivity contribution is -0.122. The maximum absolute atomic E-state index is 14.3. The SMILES string of the molecule is O=C1c2ccccc2N(c2ccccc2)C(=O)C1(Cc1ccccc1)c1ccccc1. The molecule has 0 fully saturated rings. The second-order valence-corrected chi connectivity index (χ2v) is 7.76. The van der Waals surface area contributed by atoms with Crippen LogP contribution in [0.25, 0.3) is 0 Å². The zero-order chi connectivity index (χ0) is 21.3. The smallest absolute Gasteiger partial charge is 0.250 e. The predicted molar refractivity (Wildman–Crippen MR) is 123 cm³/mol. The highest BCUT2D eigenvalue weighted by Crippen LogP contribution is 2.45. The molecule has 4 aromatic rings. The van der Waals surface area contributed by atoms with E-state index in [0.29, 0.717) is 23.2 Å². The summed E-state index contributed by atoms with van der Waals surface area (Å²) in [4.78, 5) is 30.1. The van der Waals surface area contributed by atoms with E-state index in [-0.39, 0.29) is 11.7 Å². The van der Waals surface area contributed by atoms with E-state index in [1.807, 2.05) is 115 Å². The predicted octanol–water partition coefficient (Wildman–Crippen LogP) is 5.73. The Kier molecular flexibility index (Phi) is 4.72. The first-order chi connectivity index (χ1) is 15.2. The molecule has 1 heterocycles. The normalized spacial score (nSPS) is 18.0. The Morgan fingerprint density at radius 2 is 1.16 bits per heavy atom. The maximum Gasteiger partial charge on any atom is 0.250 e. The molecular weight excluding hydrogens is 382 g/mol. The fourth-order valence-electron chi connectivity index (χ4n) is 4.46. The van der Waals surface area contributed by atoms with Crippen LogP contribution in [0, 0.1) is 0 Å². The van der Waals surface area contributed by atoms with Crippen LogP contribution in [-0.4, -0.2) is 11.7 Å². The number of rotatable bonds is 4. The van der Waals surface area contributed by atoms with Gasteiger partial charge in [0.25, 0.3) is 0 Å². The van der Waals surface area contributed by atoms with E-state index in [2.05, 4.69) is 0 Å². The number of hydrogen-bond acceptors (Lipinski definition) is 2. The van der Waals surface area contributed by atoms with Crippen LogP contribution < -0.4 is 4.90 Å². The standard InChI is InChI=1S/C28H21NO2/c30-26-24-18-10-11-19-25(24)29(23-16-8-3-9-17-23)27(31)28(26,22-14-6-2-7-15-22)20-21-12-4-1-5-13-21/h1-19H,20H2. The average molecular weight is 403 g/mol. The highest BCUT2D eigenvalue weighted by atomic mass is 16.2. The largest absolute Gasteiger partial charge is 0.292 e. The Bertz CT molecular complexity index is 1240. The van der Waals surface area contributed by atoms with E-state index in [0.717, 1.165) is 11.3 Å². The Hall–Kier alpha value is -3.98. The molecular formula is C28H21NO2. The second-order valence-electron chi connectivity index (χ2n) is 7.76. The third kappa shape index (κ3) is 3.06. The molecule has 1 aliphatic rings. The van der Waals surface area contributed by atoms with E-state index < -0.39 is 5.41 Å². The molecule has 150 valence electrons. The molecule has 0 saturated carbocycles. The summed E-state index contributed by atoms with van der Waals surface area (Å²) < 4.78 is 0. The third-order valence-corrected chi connectivity index (χ3v) is 5.94. The molecule has 1 unspecified atom stereocenters. The molecule has 31 heavy (non-hydrogen) atoms. The van der Waals surface area contributed by atoms with Gasteiger partial charge in [0, 0.05) is 11.3 Å². The quantitative estimate of drug-likeness (QED) is 0.408. The van der Waals surface area contributed by atoms with Gasteiger partial charge in [-0.15, -0.1) is 0 Å². The Morgan fingerprint density at radius 1 is 0.613 bits per heavy atom. The van der Waals surface area contributed by atoms with Gasteiger partial charge in [-0.05, 0) is 41.8 Å². The zero-order valence-corrected chi connectivity index (χ0v) is 16.9. The molecule has 4 aromatic carbocycles. The lowest BCUT2D eigenvalue weighted by Gasteiger charge is -2.42. The van der Waals surface area contributed by atoms with Crippen LogP contribution in [0.15, 0.2) is 115 Å². The van der Waals surface area contributed by atoms with Crippen LogP contribution in [0.3, 0.4) is 0 Å². The van der Waals surface area contributed by atoms with Crippen molar-refractivity contribution in [2.45, 2.75) is 11.8 Å². The minimum Gasteiger partial charge on any atom is -0.292 e. The summed E-state index contributed by atoms with van der Waals surface area (Å²) in [6.07, 6.45) is 0.299. The first-order valence-electron chi connectivity index (χ1n) is 10.3. The number of Topliss-reactive ketones (excluding diaryl/α,β-unsaturated/α-hetero) is 1. The second kappa shape index (κ2) is 7.69. The lowest BCUT2D eigenvalue weighted by Crippen LogP contribution is -2.55. The fraction of sp³-hybridized carbons (Fsp3) is 0.0714. The zero-order valence-electron chi connectivity index (χ0n) is 16.9. The molecule has 0 aliphatic carbocycles. The number of anilines is 2. The third-order valence-electron chi connectivity index (χ3n) is 5.94. The molecule has 0 bridgehead atoms. The van der Waals surface area contributed by atoms with E-state index in [9.17, 15) is 9.59 Å². The molecule has 3 heteroatoms. The van der Waals surface area contributed by atoms with Gasteiger partial charge in [0.1, 0.15) is 5.41 Å². The van der Waals surface area contributed by atoms with Gasteiger partial charge in [-0.2, -0.15) is 0 Å². The van der Waals surface area contributed by atoms with Crippen molar-refractivity contribution in [2.24, 2.45) is 0 Å². The first kappa shape index (κ1) is 19.0. The summed E-state index contributed by atoms with van der Waals surface area (Å²) in [6.45, 7) is 0. The minimum atomic E-state index is -1.34. The van der Waals surface area contributed by atoms with Gasteiger partial charge < -0.3 is 0 Å². The summed E-state index contributed by atoms with van der Waals surface area (Å²) >= 11 is 0. The van der Waals surface area contributed by atoms with Gasteiger partial charge in [-0.1, -0.05) is 91.0 Å². The molecule has 1 amide bonds. The first-order valence-corrected chi connectivity index (χ1v) is 10.3. The number of carbonyl (C=O) groups is 2. The molecule has 5 rings (SSSR count). The van der Waals surface area contributed by atoms with Crippen LogP contribution in [-0.2, 0) is 16.6 Å². The fourth-order valence-corrected chi connectivity index (χ4v) is 4.46. The van der Waals surface area contributed by atoms with Crippen molar-refractivity contribution in [2.75, 3.05) is 4.90 Å². The summed E-state index contributed by atoms with van der Waals surface area (Å²) in [5, 5.41) is 0. The van der Waals surface area contributed by atoms with E-state index >= 15 is 0 Å². The van der Waals surface area contributed by atoms with Gasteiger partial charge in [0.2, 0.25) is 5.91 Å². The summed E-state index contributed by atoms with van der Waals surface area (Å²) in [7, 11) is 0. The van der Waals surface area contributed by atoms with Gasteiger partial charge in [0.05, 0.1) is 5.69 Å². The molecule has 1 aliphatic heterocycles. The topological polar surface area (TPSA) is 37.4 Å². The number of para-hydroxylation sites is 2. The molecule has 3 nitrogen and oxygen atoms in total. The Labute approximate surface area is 181 Å². The Morgan fingerprint density at radius 3 is 1.84 bits per heavy atom. The van der Waals surface area contributed by atoms with Gasteiger partial charge >= 0.3 is 0 Å². The number of carbonyl (C=O) groups excluding carboxylic acids is 2. The van der Waals surface area contributed by atoms with E-state index in [1.165, 1.54) is 0 Å². The summed E-state index contributed by atoms with van der Waals surface area (Å²) in [5.74, 6) is -0.382. The van der Waals surface area contributed by atoms with Crippen molar-refractivity contribution in [3.05, 3.63) is 132 Å². The van der Waals surface area contributed by atoms with Crippen LogP contribution in [0.1, 0.15) is 21.5 Å². The number of amides is 1. The number of ketones is 1. The van der Waals surface area contributed by atoms with E-state index in [4.69, 9.17) is 0 Å². The van der Waals surface area contributed by atoms with E-state index in [1.54, 1.807) is 4.90 Å². The summed E-state index contributed by atoms with van der Waals surface area (Å²) in [5.41, 5.74) is 2.26. The number of hydrogen-bond donors (Lipinski definition) is 0. The molecule has 0 N–H and O–H groups in total. The van der Waals surface area contributed by atoms with Crippen molar-refractivity contribution in [1.82, 2.24) is 0 Å². The molecule has 0 spiro atoms. The van der Waals surface area contributed by atoms with Crippen LogP contribution in [0.5, 0.6) is 0 Å². The highest BCUT2D eigenvalue weighted by Gasteiger charge is 2.54. The maximum atomic E-state index is 14.3. The number of benzene rings is 4. The van der Waals surface area contributed by atoms with Gasteiger partial charge in [-0.3, -0.25) is 14.5 Å². The van der Waals surface area contributed by atoms with Crippen LogP contribution >= 0.6 is 0 Å². The van der Waals surface area contributed by atoms with Gasteiger partial charge in [0.15, 0.2) is 5.78 Å². The minimum absolute atomic E-state index is 0.157. The van der Waals surface area contributed by atoms with Crippen molar-refractivity contribution in [3.63, 3.8) is 0 Å². The van der Waals surface area contributed by atoms with Crippen molar-refractivity contribution >= 4 is 23.1 Å². The molecule has 0 radical (unpaired) electrons. The number of fused-ring (bicyclic) bond motifs is 1. The summed E-state index contributed by atoms with van der Waals surface area (Å²) in [6, 6.07) is 36.1. The molecule has 1 atom stereocenters. The van der Waals surface area contributed by atoms with Crippen molar-refractivity contribution in [1.29, 1.82) is 0 Å². The van der Waals surface area contributed by atoms with Crippen molar-refractivity contribution in [3.8, 4) is 0 Å². The van der Waals surface area contributed by atoms with Gasteiger partial charge in [-0.25, -0.2) is 0 Å². The average Bonchev–Trinajstić information content (AvgIpc) is 2.84. The number of nitrogens with zero attached hydrogens (tertiary/aromatic N) is 1. The van der Waals surface area contributed by atoms with Crippen LogP contribution in [0.4, 0.5) is 11.4 Å². The molecule has 0 saturated heterocycles. The van der Waals surface area contributed by atoms with Crippen LogP contribution in [0.2, 0.25) is 0 Å². The highest BCUT2D eigenvalue weighted by molar-refractivity contribution is 6.30. The van der Waals surface area contributed by atoms with Crippen molar-refractivity contribution < 1.29 is 9.59 Å². The Balaban J connectivity index is 1.80. The lowest BCUT2D eigenvalue weighted by atomic mass is 9.67. The monoisotopic (exact) mass is 403 g/mol.